The third-order valence-corrected chi connectivity index (χ3v) is 7.38. The number of halogens is 3. The van der Waals surface area contributed by atoms with Crippen molar-refractivity contribution in [2.75, 3.05) is 38.2 Å². The molecule has 0 aliphatic carbocycles. The molecule has 0 aromatic carbocycles. The van der Waals surface area contributed by atoms with Gasteiger partial charge in [-0.1, -0.05) is 53.7 Å². The summed E-state index contributed by atoms with van der Waals surface area (Å²) in [4.78, 5) is 36.0. The molecule has 12 nitrogen and oxygen atoms in total. The quantitative estimate of drug-likeness (QED) is 0.108. The van der Waals surface area contributed by atoms with Crippen LogP contribution in [-0.2, 0) is 9.47 Å². The number of pyridine rings is 6. The highest BCUT2D eigenvalue weighted by Crippen LogP contribution is 2.23. The van der Waals surface area contributed by atoms with E-state index in [0.29, 0.717) is 13.1 Å². The van der Waals surface area contributed by atoms with Gasteiger partial charge in [0.1, 0.15) is 5.60 Å². The predicted molar refractivity (Wildman–Crippen MR) is 261 cm³/mol. The molecular weight excluding hydrogens is 869 g/mol. The number of alkyl carbamates (subject to hydrolysis) is 1. The van der Waals surface area contributed by atoms with E-state index < -0.39 is 11.7 Å². The van der Waals surface area contributed by atoms with Crippen molar-refractivity contribution in [3.05, 3.63) is 146 Å². The molecule has 0 atom stereocenters. The maximum absolute atomic E-state index is 11.5. The zero-order chi connectivity index (χ0) is 46.0. The minimum Gasteiger partial charge on any atom is -0.444 e. The largest absolute Gasteiger partial charge is 0.444 e. The summed E-state index contributed by atoms with van der Waals surface area (Å²) in [7, 11) is 0. The van der Waals surface area contributed by atoms with Crippen LogP contribution in [-0.4, -0.2) is 79.8 Å². The number of hydrogen-bond donors (Lipinski definition) is 3. The number of amides is 1. The molecule has 0 saturated heterocycles. The van der Waals surface area contributed by atoms with E-state index in [2.05, 4.69) is 70.7 Å². The van der Waals surface area contributed by atoms with Crippen LogP contribution < -0.4 is 16.8 Å². The minimum atomic E-state index is -0.520. The highest BCUT2D eigenvalue weighted by atomic mass is 35.5. The lowest BCUT2D eigenvalue weighted by molar-refractivity contribution is 0.0535. The summed E-state index contributed by atoms with van der Waals surface area (Å²) in [5.41, 5.74) is 18.8. The van der Waals surface area contributed by atoms with Gasteiger partial charge in [0, 0.05) is 121 Å². The molecule has 0 aliphatic heterocycles. The van der Waals surface area contributed by atoms with Gasteiger partial charge in [0.05, 0.1) is 41.7 Å². The van der Waals surface area contributed by atoms with E-state index in [1.807, 2.05) is 102 Å². The third-order valence-electron chi connectivity index (χ3n) is 7.38. The Labute approximate surface area is 393 Å². The molecule has 0 unspecified atom stereocenters. The van der Waals surface area contributed by atoms with E-state index in [9.17, 15) is 4.79 Å². The average Bonchev–Trinajstić information content (AvgIpc) is 3.31. The molecule has 64 heavy (non-hydrogen) atoms. The first-order valence-electron chi connectivity index (χ1n) is 19.7. The molecule has 0 fully saturated rings. The lowest BCUT2D eigenvalue weighted by Crippen LogP contribution is -2.32. The van der Waals surface area contributed by atoms with Gasteiger partial charge in [-0.05, 0) is 71.0 Å². The smallest absolute Gasteiger partial charge is 0.408 e. The topological polar surface area (TPSA) is 177 Å². The molecule has 5 N–H and O–H groups in total. The lowest BCUT2D eigenvalue weighted by atomic mass is 10.0. The molecule has 0 radical (unpaired) electrons. The molecule has 6 aromatic rings. The van der Waals surface area contributed by atoms with E-state index in [1.165, 1.54) is 0 Å². The van der Waals surface area contributed by atoms with Crippen molar-refractivity contribution < 1.29 is 14.3 Å². The van der Waals surface area contributed by atoms with Gasteiger partial charge in [-0.3, -0.25) is 29.9 Å². The van der Waals surface area contributed by atoms with Crippen LogP contribution in [0.1, 0.15) is 51.3 Å². The van der Waals surface area contributed by atoms with E-state index in [4.69, 9.17) is 44.1 Å². The monoisotopic (exact) mass is 921 g/mol. The Hall–Kier alpha value is -6.40. The first kappa shape index (κ1) is 55.6. The van der Waals surface area contributed by atoms with E-state index in [-0.39, 0.29) is 24.3 Å². The van der Waals surface area contributed by atoms with Crippen LogP contribution in [0.15, 0.2) is 129 Å². The molecule has 0 aliphatic rings. The average molecular weight is 923 g/mol. The number of nitrogens with one attached hydrogen (secondary N) is 1. The lowest BCUT2D eigenvalue weighted by Gasteiger charge is -2.19. The zero-order valence-corrected chi connectivity index (χ0v) is 38.9. The minimum absolute atomic E-state index is 0. The van der Waals surface area contributed by atoms with Crippen LogP contribution in [0, 0.1) is 35.5 Å². The standard InChI is InChI=1S/C18H19N3O2.2C13H11N3.C4H10O.CH2Cl2.ClH/c1-18(2,3)23-17(22)21-10-5-7-15-13-20-11-8-16(15)14-6-4-9-19-12-14;2*14-6-1-3-11-10-16-8-5-13(11)12-4-2-7-15-9-12;1-3-5-4-2;2-1-3;/h4,6,8-9,11-13H,10H2,1-3H3,(H,21,22);2*2,4-5,7-10H,6,14H2;3-4H2,1-2H3;1H2;1H. The third kappa shape index (κ3) is 23.2. The fourth-order valence-electron chi connectivity index (χ4n) is 4.87. The van der Waals surface area contributed by atoms with Gasteiger partial charge in [-0.15, -0.1) is 35.6 Å². The molecule has 334 valence electrons. The molecule has 0 saturated carbocycles. The number of carbonyl (C=O) groups is 1. The van der Waals surface area contributed by atoms with E-state index >= 15 is 0 Å². The van der Waals surface area contributed by atoms with Crippen LogP contribution in [0.2, 0.25) is 0 Å². The normalized spacial score (nSPS) is 9.33. The first-order chi connectivity index (χ1) is 30.6. The van der Waals surface area contributed by atoms with Crippen LogP contribution in [0.3, 0.4) is 0 Å². The maximum atomic E-state index is 11.5. The summed E-state index contributed by atoms with van der Waals surface area (Å²) >= 11 is 9.53. The van der Waals surface area contributed by atoms with Gasteiger partial charge < -0.3 is 26.3 Å². The number of rotatable bonds is 6. The number of carbonyl (C=O) groups excluding carboxylic acids is 1. The van der Waals surface area contributed by atoms with E-state index in [0.717, 1.165) is 63.3 Å². The Morgan fingerprint density at radius 1 is 0.594 bits per heavy atom. The van der Waals surface area contributed by atoms with Gasteiger partial charge in [0.15, 0.2) is 0 Å². The van der Waals surface area contributed by atoms with Gasteiger partial charge in [0.25, 0.3) is 0 Å². The van der Waals surface area contributed by atoms with Crippen molar-refractivity contribution in [3.8, 4) is 68.9 Å². The Balaban J connectivity index is 0.000000446. The number of hydrogen-bond acceptors (Lipinski definition) is 11. The Morgan fingerprint density at radius 3 is 1.22 bits per heavy atom. The number of nitrogens with zero attached hydrogens (tertiary/aromatic N) is 6. The highest BCUT2D eigenvalue weighted by molar-refractivity contribution is 6.40. The Kier molecular flexibility index (Phi) is 29.7. The van der Waals surface area contributed by atoms with Crippen molar-refractivity contribution in [1.29, 1.82) is 0 Å². The van der Waals surface area contributed by atoms with Gasteiger partial charge in [-0.25, -0.2) is 4.79 Å². The van der Waals surface area contributed by atoms with Crippen LogP contribution in [0.4, 0.5) is 4.79 Å². The molecule has 0 bridgehead atoms. The Bertz CT molecular complexity index is 2290. The molecule has 1 amide bonds. The van der Waals surface area contributed by atoms with Crippen molar-refractivity contribution in [2.45, 2.75) is 40.2 Å². The second kappa shape index (κ2) is 34.1. The summed E-state index contributed by atoms with van der Waals surface area (Å²) in [5.74, 6) is 17.6. The van der Waals surface area contributed by atoms with Gasteiger partial charge >= 0.3 is 6.09 Å². The second-order valence-electron chi connectivity index (χ2n) is 13.0. The van der Waals surface area contributed by atoms with Gasteiger partial charge in [-0.2, -0.15) is 0 Å². The SMILES string of the molecule is CC(C)(C)OC(=O)NCC#Cc1cnccc1-c1cccnc1.CCOCC.Cl.ClCCl.NCC#Cc1cnccc1-c1cccnc1.NCC#Cc1cnccc1-c1cccnc1. The van der Waals surface area contributed by atoms with Gasteiger partial charge in [0.2, 0.25) is 0 Å². The van der Waals surface area contributed by atoms with Crippen molar-refractivity contribution in [2.24, 2.45) is 11.5 Å². The number of aromatic nitrogens is 6. The fourth-order valence-corrected chi connectivity index (χ4v) is 4.87. The molecule has 6 rings (SSSR count). The molecule has 0 spiro atoms. The van der Waals surface area contributed by atoms with Crippen LogP contribution in [0.25, 0.3) is 33.4 Å². The summed E-state index contributed by atoms with van der Waals surface area (Å²) in [6.45, 7) is 12.0. The molecule has 6 heterocycles. The zero-order valence-electron chi connectivity index (χ0n) is 36.6. The van der Waals surface area contributed by atoms with E-state index in [1.54, 1.807) is 62.0 Å². The summed E-state index contributed by atoms with van der Waals surface area (Å²) in [6.07, 6.45) is 20.5. The van der Waals surface area contributed by atoms with Crippen LogP contribution in [0.5, 0.6) is 0 Å². The first-order valence-corrected chi connectivity index (χ1v) is 20.8. The van der Waals surface area contributed by atoms with Crippen molar-refractivity contribution >= 4 is 41.7 Å². The number of ether oxygens (including phenoxy) is 2. The van der Waals surface area contributed by atoms with Crippen molar-refractivity contribution in [3.63, 3.8) is 0 Å². The van der Waals surface area contributed by atoms with Crippen LogP contribution >= 0.6 is 35.6 Å². The van der Waals surface area contributed by atoms with Crippen molar-refractivity contribution in [1.82, 2.24) is 35.2 Å². The summed E-state index contributed by atoms with van der Waals surface area (Å²) < 4.78 is 9.98. The second-order valence-corrected chi connectivity index (χ2v) is 13.8. The highest BCUT2D eigenvalue weighted by Gasteiger charge is 2.15. The molecular formula is C49H54Cl3N9O3. The number of alkyl halides is 2. The predicted octanol–water partition coefficient (Wildman–Crippen LogP) is 8.81. The maximum Gasteiger partial charge on any atom is 0.408 e. The molecule has 6 aromatic heterocycles. The number of nitrogens with two attached hydrogens (primary N) is 2. The molecule has 15 heteroatoms. The summed E-state index contributed by atoms with van der Waals surface area (Å²) in [6, 6.07) is 17.4. The fraction of sp³-hybridized carbons (Fsp3) is 0.245. The summed E-state index contributed by atoms with van der Waals surface area (Å²) in [5, 5.41) is 2.80. The Morgan fingerprint density at radius 2 is 0.938 bits per heavy atom.